The van der Waals surface area contributed by atoms with Crippen LogP contribution in [-0.2, 0) is 11.2 Å². The molecule has 2 aliphatic rings. The van der Waals surface area contributed by atoms with E-state index >= 15 is 0 Å². The van der Waals surface area contributed by atoms with Gasteiger partial charge >= 0.3 is 0 Å². The normalized spacial score (nSPS) is 17.4. The van der Waals surface area contributed by atoms with E-state index in [4.69, 9.17) is 9.15 Å². The molecule has 2 aromatic heterocycles. The number of rotatable bonds is 8. The van der Waals surface area contributed by atoms with E-state index in [1.54, 1.807) is 28.4 Å². The molecule has 178 valence electrons. The van der Waals surface area contributed by atoms with Gasteiger partial charge in [-0.1, -0.05) is 17.7 Å². The van der Waals surface area contributed by atoms with E-state index in [9.17, 15) is 9.59 Å². The summed E-state index contributed by atoms with van der Waals surface area (Å²) in [5.41, 5.74) is 3.43. The van der Waals surface area contributed by atoms with Crippen molar-refractivity contribution >= 4 is 23.2 Å². The average Bonchev–Trinajstić information content (AvgIpc) is 3.26. The minimum atomic E-state index is -0.221. The van der Waals surface area contributed by atoms with Gasteiger partial charge in [0.05, 0.1) is 12.3 Å². The number of hydrogen-bond acceptors (Lipinski definition) is 5. The fourth-order valence-electron chi connectivity index (χ4n) is 4.65. The Bertz CT molecular complexity index is 1170. The Kier molecular flexibility index (Phi) is 6.46. The third kappa shape index (κ3) is 4.89. The predicted molar refractivity (Wildman–Crippen MR) is 131 cm³/mol. The zero-order valence-electron chi connectivity index (χ0n) is 19.7. The van der Waals surface area contributed by atoms with E-state index in [-0.39, 0.29) is 30.2 Å². The molecule has 0 spiro atoms. The number of thiophene rings is 1. The molecule has 0 saturated heterocycles. The number of benzene rings is 1. The van der Waals surface area contributed by atoms with E-state index in [1.165, 1.54) is 16.7 Å². The fraction of sp³-hybridized carbons (Fsp3) is 0.407. The van der Waals surface area contributed by atoms with Crippen LogP contribution in [0.5, 0.6) is 5.75 Å². The second-order valence-corrected chi connectivity index (χ2v) is 10.3. The van der Waals surface area contributed by atoms with Crippen LogP contribution in [0.25, 0.3) is 0 Å². The van der Waals surface area contributed by atoms with Gasteiger partial charge in [-0.3, -0.25) is 9.59 Å². The van der Waals surface area contributed by atoms with Gasteiger partial charge in [0.25, 0.3) is 5.91 Å². The van der Waals surface area contributed by atoms with Crippen LogP contribution >= 0.6 is 11.3 Å². The Morgan fingerprint density at radius 2 is 2.06 bits per heavy atom. The molecule has 1 fully saturated rings. The first kappa shape index (κ1) is 22.7. The van der Waals surface area contributed by atoms with E-state index in [1.807, 2.05) is 24.0 Å². The van der Waals surface area contributed by atoms with Gasteiger partial charge in [0, 0.05) is 18.0 Å². The van der Waals surface area contributed by atoms with Gasteiger partial charge in [-0.25, -0.2) is 0 Å². The molecule has 5 rings (SSSR count). The summed E-state index contributed by atoms with van der Waals surface area (Å²) in [6, 6.07) is 11.4. The number of amides is 2. The summed E-state index contributed by atoms with van der Waals surface area (Å²) in [4.78, 5) is 31.5. The minimum absolute atomic E-state index is 0.0494. The summed E-state index contributed by atoms with van der Waals surface area (Å²) in [5.74, 6) is 1.32. The Morgan fingerprint density at radius 1 is 1.21 bits per heavy atom. The molecule has 0 unspecified atom stereocenters. The van der Waals surface area contributed by atoms with Crippen LogP contribution in [0.2, 0.25) is 0 Å². The molecular formula is C27H30N2O4S. The van der Waals surface area contributed by atoms with Crippen LogP contribution < -0.4 is 4.74 Å². The molecule has 3 aromatic rings. The number of hydrogen-bond donors (Lipinski definition) is 0. The van der Waals surface area contributed by atoms with Gasteiger partial charge in [0.15, 0.2) is 5.76 Å². The van der Waals surface area contributed by atoms with Crippen molar-refractivity contribution in [2.75, 3.05) is 26.2 Å². The molecule has 0 bridgehead atoms. The summed E-state index contributed by atoms with van der Waals surface area (Å²) in [6.07, 6.45) is 4.52. The fourth-order valence-corrected chi connectivity index (χ4v) is 5.57. The number of carbonyl (C=O) groups is 2. The van der Waals surface area contributed by atoms with E-state index < -0.39 is 0 Å². The standard InChI is InChI=1S/C27H30N2O4S/c1-18-5-8-23(19(2)14-18)33-17-22-21-10-13-34-25(21)9-11-29(22)26(30)16-28(15-20-6-7-20)27(31)24-4-3-12-32-24/h3-5,8,10,12-14,20,22H,6-7,9,11,15-17H2,1-2H3/t22-/m1/s1. The van der Waals surface area contributed by atoms with Gasteiger partial charge in [-0.05, 0) is 79.8 Å². The molecule has 0 N–H and O–H groups in total. The van der Waals surface area contributed by atoms with Crippen molar-refractivity contribution < 1.29 is 18.7 Å². The molecule has 1 aliphatic carbocycles. The smallest absolute Gasteiger partial charge is 0.290 e. The molecule has 0 radical (unpaired) electrons. The molecule has 3 heterocycles. The summed E-state index contributed by atoms with van der Waals surface area (Å²) in [7, 11) is 0. The number of aryl methyl sites for hydroxylation is 2. The minimum Gasteiger partial charge on any atom is -0.491 e. The number of furan rings is 1. The number of carbonyl (C=O) groups excluding carboxylic acids is 2. The van der Waals surface area contributed by atoms with Crippen LogP contribution in [0, 0.1) is 19.8 Å². The number of nitrogens with zero attached hydrogens (tertiary/aromatic N) is 2. The van der Waals surface area contributed by atoms with Gasteiger partial charge in [0.2, 0.25) is 5.91 Å². The SMILES string of the molecule is Cc1ccc(OC[C@@H]2c3ccsc3CCN2C(=O)CN(CC2CC2)C(=O)c2ccco2)c(C)c1. The van der Waals surface area contributed by atoms with E-state index in [2.05, 4.69) is 24.4 Å². The van der Waals surface area contributed by atoms with Gasteiger partial charge in [-0.15, -0.1) is 11.3 Å². The molecule has 34 heavy (non-hydrogen) atoms. The molecule has 1 saturated carbocycles. The molecule has 1 aromatic carbocycles. The number of ether oxygens (including phenoxy) is 1. The van der Waals surface area contributed by atoms with Crippen LogP contribution in [0.4, 0.5) is 0 Å². The first-order valence-corrected chi connectivity index (χ1v) is 12.8. The second kappa shape index (κ2) is 9.66. The Morgan fingerprint density at radius 3 is 2.79 bits per heavy atom. The van der Waals surface area contributed by atoms with Crippen LogP contribution in [-0.4, -0.2) is 47.9 Å². The second-order valence-electron chi connectivity index (χ2n) is 9.34. The van der Waals surface area contributed by atoms with Crippen LogP contribution in [0.3, 0.4) is 0 Å². The largest absolute Gasteiger partial charge is 0.491 e. The molecular weight excluding hydrogens is 448 g/mol. The van der Waals surface area contributed by atoms with E-state index in [0.29, 0.717) is 25.6 Å². The highest BCUT2D eigenvalue weighted by atomic mass is 32.1. The highest BCUT2D eigenvalue weighted by molar-refractivity contribution is 7.10. The van der Waals surface area contributed by atoms with Crippen LogP contribution in [0.1, 0.15) is 51.0 Å². The van der Waals surface area contributed by atoms with Crippen molar-refractivity contribution in [3.05, 3.63) is 75.4 Å². The van der Waals surface area contributed by atoms with E-state index in [0.717, 1.165) is 36.1 Å². The molecule has 7 heteroatoms. The zero-order valence-corrected chi connectivity index (χ0v) is 20.5. The summed E-state index contributed by atoms with van der Waals surface area (Å²) >= 11 is 1.73. The Balaban J connectivity index is 1.34. The van der Waals surface area contributed by atoms with Crippen molar-refractivity contribution in [2.45, 2.75) is 39.2 Å². The van der Waals surface area contributed by atoms with Gasteiger partial charge < -0.3 is 19.0 Å². The van der Waals surface area contributed by atoms with Crippen molar-refractivity contribution in [3.8, 4) is 5.75 Å². The lowest BCUT2D eigenvalue weighted by Crippen LogP contribution is -2.48. The quantitative estimate of drug-likeness (QED) is 0.456. The average molecular weight is 479 g/mol. The Hall–Kier alpha value is -3.06. The molecule has 1 aliphatic heterocycles. The third-order valence-corrected chi connectivity index (χ3v) is 7.66. The summed E-state index contributed by atoms with van der Waals surface area (Å²) in [6.45, 7) is 5.75. The first-order chi connectivity index (χ1) is 16.5. The highest BCUT2D eigenvalue weighted by Gasteiger charge is 2.35. The molecule has 1 atom stereocenters. The zero-order chi connectivity index (χ0) is 23.7. The monoisotopic (exact) mass is 478 g/mol. The van der Waals surface area contributed by atoms with Crippen molar-refractivity contribution in [1.29, 1.82) is 0 Å². The number of fused-ring (bicyclic) bond motifs is 1. The summed E-state index contributed by atoms with van der Waals surface area (Å²) in [5, 5.41) is 2.09. The lowest BCUT2D eigenvalue weighted by Gasteiger charge is -2.37. The molecule has 2 amide bonds. The predicted octanol–water partition coefficient (Wildman–Crippen LogP) is 5.02. The lowest BCUT2D eigenvalue weighted by atomic mass is 10.00. The van der Waals surface area contributed by atoms with Gasteiger partial charge in [0.1, 0.15) is 18.9 Å². The Labute approximate surface area is 204 Å². The molecule has 6 nitrogen and oxygen atoms in total. The summed E-state index contributed by atoms with van der Waals surface area (Å²) < 4.78 is 11.6. The van der Waals surface area contributed by atoms with Crippen molar-refractivity contribution in [2.24, 2.45) is 5.92 Å². The maximum absolute atomic E-state index is 13.6. The maximum atomic E-state index is 13.6. The third-order valence-electron chi connectivity index (χ3n) is 6.66. The first-order valence-electron chi connectivity index (χ1n) is 11.9. The van der Waals surface area contributed by atoms with Crippen molar-refractivity contribution in [1.82, 2.24) is 9.80 Å². The highest BCUT2D eigenvalue weighted by Crippen LogP contribution is 2.35. The van der Waals surface area contributed by atoms with Gasteiger partial charge in [-0.2, -0.15) is 0 Å². The van der Waals surface area contributed by atoms with Crippen molar-refractivity contribution in [3.63, 3.8) is 0 Å². The topological polar surface area (TPSA) is 63.0 Å². The maximum Gasteiger partial charge on any atom is 0.290 e. The van der Waals surface area contributed by atoms with Crippen LogP contribution in [0.15, 0.2) is 52.5 Å². The lowest BCUT2D eigenvalue weighted by molar-refractivity contribution is -0.135.